The number of nitrogens with zero attached hydrogens (tertiary/aromatic N) is 1. The highest BCUT2D eigenvalue weighted by Gasteiger charge is 2.13. The molecule has 102 valence electrons. The van der Waals surface area contributed by atoms with Crippen LogP contribution in [0.3, 0.4) is 0 Å². The van der Waals surface area contributed by atoms with Gasteiger partial charge in [-0.05, 0) is 25.1 Å². The molecular weight excluding hydrogens is 262 g/mol. The number of aromatic nitrogens is 2. The van der Waals surface area contributed by atoms with Crippen LogP contribution in [0, 0.1) is 0 Å². The molecule has 0 aliphatic heterocycles. The Labute approximate surface area is 112 Å². The average Bonchev–Trinajstić information content (AvgIpc) is 2.38. The number of primary amides is 1. The van der Waals surface area contributed by atoms with Gasteiger partial charge < -0.3 is 10.7 Å². The molecule has 0 saturated carbocycles. The van der Waals surface area contributed by atoms with Gasteiger partial charge in [0, 0.05) is 11.8 Å². The van der Waals surface area contributed by atoms with E-state index in [0.29, 0.717) is 0 Å². The maximum absolute atomic E-state index is 12.1. The van der Waals surface area contributed by atoms with Crippen molar-refractivity contribution in [3.05, 3.63) is 62.4 Å². The maximum atomic E-state index is 12.1. The Kier molecular flexibility index (Phi) is 3.34. The molecule has 1 amide bonds. The van der Waals surface area contributed by atoms with Gasteiger partial charge in [-0.3, -0.25) is 14.4 Å². The van der Waals surface area contributed by atoms with Gasteiger partial charge in [0.15, 0.2) is 5.78 Å². The number of ketones is 1. The number of carbonyl (C=O) groups excluding carboxylic acids is 2. The fourth-order valence-electron chi connectivity index (χ4n) is 1.76. The van der Waals surface area contributed by atoms with Crippen molar-refractivity contribution in [3.63, 3.8) is 0 Å². The van der Waals surface area contributed by atoms with E-state index in [4.69, 9.17) is 5.73 Å². The molecule has 0 radical (unpaired) electrons. The lowest BCUT2D eigenvalue weighted by molar-refractivity contribution is 0.0995. The number of benzene rings is 1. The summed E-state index contributed by atoms with van der Waals surface area (Å²) >= 11 is 0. The van der Waals surface area contributed by atoms with E-state index in [1.165, 1.54) is 31.2 Å². The van der Waals surface area contributed by atoms with Crippen molar-refractivity contribution in [1.82, 2.24) is 9.55 Å². The van der Waals surface area contributed by atoms with Gasteiger partial charge in [0.1, 0.15) is 0 Å². The number of nitrogens with one attached hydrogen (secondary N) is 1. The van der Waals surface area contributed by atoms with Gasteiger partial charge in [-0.25, -0.2) is 9.36 Å². The third-order valence-electron chi connectivity index (χ3n) is 2.74. The molecule has 0 spiro atoms. The van der Waals surface area contributed by atoms with Crippen molar-refractivity contribution in [1.29, 1.82) is 0 Å². The summed E-state index contributed by atoms with van der Waals surface area (Å²) in [6.07, 6.45) is 1.07. The van der Waals surface area contributed by atoms with E-state index in [2.05, 4.69) is 4.98 Å². The molecule has 2 rings (SSSR count). The Morgan fingerprint density at radius 2 is 1.95 bits per heavy atom. The molecule has 1 aromatic heterocycles. The van der Waals surface area contributed by atoms with Crippen molar-refractivity contribution in [2.45, 2.75) is 6.92 Å². The van der Waals surface area contributed by atoms with E-state index in [1.807, 2.05) is 0 Å². The summed E-state index contributed by atoms with van der Waals surface area (Å²) in [6, 6.07) is 5.72. The van der Waals surface area contributed by atoms with E-state index >= 15 is 0 Å². The van der Waals surface area contributed by atoms with E-state index in [-0.39, 0.29) is 16.8 Å². The summed E-state index contributed by atoms with van der Waals surface area (Å²) in [5.41, 5.74) is 3.87. The van der Waals surface area contributed by atoms with Crippen molar-refractivity contribution in [2.24, 2.45) is 5.73 Å². The second-order valence-electron chi connectivity index (χ2n) is 4.12. The number of aromatic amines is 1. The number of H-pyrrole nitrogens is 1. The van der Waals surface area contributed by atoms with Crippen molar-refractivity contribution in [2.75, 3.05) is 0 Å². The van der Waals surface area contributed by atoms with E-state index < -0.39 is 22.9 Å². The highest BCUT2D eigenvalue weighted by molar-refractivity contribution is 5.94. The Hall–Kier alpha value is -2.96. The normalized spacial score (nSPS) is 10.2. The summed E-state index contributed by atoms with van der Waals surface area (Å²) in [7, 11) is 0. The Balaban J connectivity index is 2.76. The zero-order chi connectivity index (χ0) is 14.9. The fraction of sp³-hybridized carbons (Fsp3) is 0.0769. The van der Waals surface area contributed by atoms with Crippen LogP contribution in [0.4, 0.5) is 0 Å². The molecule has 2 aromatic rings. The number of carbonyl (C=O) groups is 2. The second-order valence-corrected chi connectivity index (χ2v) is 4.12. The SMILES string of the molecule is CC(=O)c1c[nH]c(=O)n(-c2cccc(C(N)=O)c2)c1=O. The lowest BCUT2D eigenvalue weighted by Gasteiger charge is -2.06. The van der Waals surface area contributed by atoms with Crippen molar-refractivity contribution >= 4 is 11.7 Å². The molecule has 0 atom stereocenters. The first-order chi connectivity index (χ1) is 9.41. The molecule has 1 heterocycles. The van der Waals surface area contributed by atoms with Gasteiger partial charge >= 0.3 is 5.69 Å². The Bertz CT molecular complexity index is 817. The van der Waals surface area contributed by atoms with E-state index in [9.17, 15) is 19.2 Å². The van der Waals surface area contributed by atoms with Crippen molar-refractivity contribution in [3.8, 4) is 5.69 Å². The summed E-state index contributed by atoms with van der Waals surface area (Å²) in [4.78, 5) is 48.7. The van der Waals surface area contributed by atoms with Crippen LogP contribution in [-0.4, -0.2) is 21.2 Å². The number of amides is 1. The monoisotopic (exact) mass is 273 g/mol. The van der Waals surface area contributed by atoms with Crippen LogP contribution in [0.2, 0.25) is 0 Å². The van der Waals surface area contributed by atoms with Crippen LogP contribution in [-0.2, 0) is 0 Å². The molecule has 0 fully saturated rings. The molecule has 0 unspecified atom stereocenters. The number of hydrogen-bond donors (Lipinski definition) is 2. The minimum Gasteiger partial charge on any atom is -0.366 e. The first kappa shape index (κ1) is 13.5. The third kappa shape index (κ3) is 2.28. The van der Waals surface area contributed by atoms with E-state index in [1.54, 1.807) is 0 Å². The van der Waals surface area contributed by atoms with Gasteiger partial charge in [-0.2, -0.15) is 0 Å². The third-order valence-corrected chi connectivity index (χ3v) is 2.74. The standard InChI is InChI=1S/C13H11N3O4/c1-7(17)10-6-15-13(20)16(12(10)19)9-4-2-3-8(5-9)11(14)18/h2-6H,1H3,(H2,14,18)(H,15,20). The molecule has 7 heteroatoms. The maximum Gasteiger partial charge on any atom is 0.333 e. The van der Waals surface area contributed by atoms with Gasteiger partial charge in [-0.1, -0.05) is 6.07 Å². The molecule has 0 bridgehead atoms. The Morgan fingerprint density at radius 3 is 2.55 bits per heavy atom. The molecule has 0 aliphatic carbocycles. The van der Waals surface area contributed by atoms with Crippen LogP contribution in [0.1, 0.15) is 27.6 Å². The zero-order valence-electron chi connectivity index (χ0n) is 10.5. The fourth-order valence-corrected chi connectivity index (χ4v) is 1.76. The highest BCUT2D eigenvalue weighted by Crippen LogP contribution is 2.07. The molecule has 7 nitrogen and oxygen atoms in total. The first-order valence-electron chi connectivity index (χ1n) is 5.67. The topological polar surface area (TPSA) is 115 Å². The van der Waals surface area contributed by atoms with E-state index in [0.717, 1.165) is 10.8 Å². The number of hydrogen-bond acceptors (Lipinski definition) is 4. The first-order valence-corrected chi connectivity index (χ1v) is 5.67. The van der Waals surface area contributed by atoms with Gasteiger partial charge in [-0.15, -0.1) is 0 Å². The lowest BCUT2D eigenvalue weighted by Crippen LogP contribution is -2.36. The molecule has 20 heavy (non-hydrogen) atoms. The summed E-state index contributed by atoms with van der Waals surface area (Å²) in [6.45, 7) is 1.22. The molecular formula is C13H11N3O4. The summed E-state index contributed by atoms with van der Waals surface area (Å²) < 4.78 is 0.781. The lowest BCUT2D eigenvalue weighted by atomic mass is 10.2. The largest absolute Gasteiger partial charge is 0.366 e. The highest BCUT2D eigenvalue weighted by atomic mass is 16.2. The Morgan fingerprint density at radius 1 is 1.25 bits per heavy atom. The number of rotatable bonds is 3. The zero-order valence-corrected chi connectivity index (χ0v) is 10.5. The summed E-state index contributed by atoms with van der Waals surface area (Å²) in [5.74, 6) is -1.15. The van der Waals surface area contributed by atoms with Gasteiger partial charge in [0.2, 0.25) is 5.91 Å². The molecule has 3 N–H and O–H groups in total. The van der Waals surface area contributed by atoms with Crippen LogP contribution in [0.15, 0.2) is 40.1 Å². The van der Waals surface area contributed by atoms with Crippen molar-refractivity contribution < 1.29 is 9.59 Å². The number of Topliss-reactive ketones (excluding diaryl/α,β-unsaturated/α-hetero) is 1. The second kappa shape index (κ2) is 4.96. The van der Waals surface area contributed by atoms with Gasteiger partial charge in [0.25, 0.3) is 5.56 Å². The minimum atomic E-state index is -0.747. The number of nitrogens with two attached hydrogens (primary N) is 1. The smallest absolute Gasteiger partial charge is 0.333 e. The quantitative estimate of drug-likeness (QED) is 0.755. The van der Waals surface area contributed by atoms with Gasteiger partial charge in [0.05, 0.1) is 11.3 Å². The van der Waals surface area contributed by atoms with Crippen LogP contribution in [0.25, 0.3) is 5.69 Å². The summed E-state index contributed by atoms with van der Waals surface area (Å²) in [5, 5.41) is 0. The molecule has 0 aliphatic rings. The van der Waals surface area contributed by atoms with Crippen LogP contribution >= 0.6 is 0 Å². The minimum absolute atomic E-state index is 0.144. The molecule has 1 aromatic carbocycles. The average molecular weight is 273 g/mol. The van der Waals surface area contributed by atoms with Crippen LogP contribution in [0.5, 0.6) is 0 Å². The predicted octanol–water partition coefficient (Wildman–Crippen LogP) is -0.173. The molecule has 0 saturated heterocycles. The predicted molar refractivity (Wildman–Crippen MR) is 71.2 cm³/mol. The van der Waals surface area contributed by atoms with Crippen LogP contribution < -0.4 is 17.0 Å².